The molecule has 1 aromatic carbocycles. The van der Waals surface area contributed by atoms with Crippen molar-refractivity contribution >= 4 is 5.69 Å². The highest BCUT2D eigenvalue weighted by molar-refractivity contribution is 5.48. The van der Waals surface area contributed by atoms with Crippen LogP contribution in [0.1, 0.15) is 44.7 Å². The lowest BCUT2D eigenvalue weighted by Gasteiger charge is -2.31. The number of nitriles is 1. The lowest BCUT2D eigenvalue weighted by molar-refractivity contribution is 0.196. The van der Waals surface area contributed by atoms with Crippen LogP contribution in [0, 0.1) is 11.3 Å². The molecule has 0 N–H and O–H groups in total. The summed E-state index contributed by atoms with van der Waals surface area (Å²) < 4.78 is 0. The van der Waals surface area contributed by atoms with E-state index in [0.717, 1.165) is 31.7 Å². The maximum absolute atomic E-state index is 9.50. The van der Waals surface area contributed by atoms with Gasteiger partial charge in [-0.25, -0.2) is 0 Å². The van der Waals surface area contributed by atoms with Crippen LogP contribution in [0.5, 0.6) is 0 Å². The summed E-state index contributed by atoms with van der Waals surface area (Å²) in [4.78, 5) is 4.64. The fraction of sp³-hybridized carbons (Fsp3) is 0.588. The predicted octanol–water partition coefficient (Wildman–Crippen LogP) is 3.58. The number of nitrogens with zero attached hydrogens (tertiary/aromatic N) is 3. The molecule has 0 spiro atoms. The van der Waals surface area contributed by atoms with E-state index < -0.39 is 0 Å². The summed E-state index contributed by atoms with van der Waals surface area (Å²) in [6, 6.07) is 10.9. The number of hydrogen-bond acceptors (Lipinski definition) is 3. The van der Waals surface area contributed by atoms with Crippen LogP contribution in [0.25, 0.3) is 0 Å². The van der Waals surface area contributed by atoms with Gasteiger partial charge in [-0.3, -0.25) is 4.90 Å². The Balaban J connectivity index is 2.13. The normalized spacial score (nSPS) is 17.4. The monoisotopic (exact) mass is 271 g/mol. The first kappa shape index (κ1) is 14.9. The van der Waals surface area contributed by atoms with Crippen LogP contribution in [-0.2, 0) is 0 Å². The topological polar surface area (TPSA) is 30.3 Å². The molecular weight excluding hydrogens is 246 g/mol. The Kier molecular flexibility index (Phi) is 5.43. The molecule has 1 unspecified atom stereocenters. The maximum atomic E-state index is 9.50. The van der Waals surface area contributed by atoms with Gasteiger partial charge < -0.3 is 4.90 Å². The molecule has 1 aliphatic heterocycles. The Morgan fingerprint density at radius 2 is 1.70 bits per heavy atom. The van der Waals surface area contributed by atoms with Crippen molar-refractivity contribution in [2.75, 3.05) is 31.1 Å². The van der Waals surface area contributed by atoms with E-state index in [0.29, 0.717) is 0 Å². The second kappa shape index (κ2) is 7.31. The fourth-order valence-electron chi connectivity index (χ4n) is 3.00. The number of hydrogen-bond donors (Lipinski definition) is 0. The summed E-state index contributed by atoms with van der Waals surface area (Å²) in [5.41, 5.74) is 2.37. The van der Waals surface area contributed by atoms with Crippen LogP contribution in [0.4, 0.5) is 5.69 Å². The van der Waals surface area contributed by atoms with Gasteiger partial charge in [0, 0.05) is 18.8 Å². The molecule has 2 rings (SSSR count). The summed E-state index contributed by atoms with van der Waals surface area (Å²) >= 11 is 0. The second-order valence-electron chi connectivity index (χ2n) is 5.39. The minimum absolute atomic E-state index is 0.0824. The molecule has 20 heavy (non-hydrogen) atoms. The van der Waals surface area contributed by atoms with Crippen LogP contribution in [0.3, 0.4) is 0 Å². The van der Waals surface area contributed by atoms with Crippen LogP contribution in [0.2, 0.25) is 0 Å². The zero-order valence-corrected chi connectivity index (χ0v) is 12.7. The van der Waals surface area contributed by atoms with Gasteiger partial charge in [0.25, 0.3) is 0 Å². The van der Waals surface area contributed by atoms with E-state index in [1.54, 1.807) is 0 Å². The average molecular weight is 271 g/mol. The summed E-state index contributed by atoms with van der Waals surface area (Å²) in [6.45, 7) is 8.48. The molecule has 3 nitrogen and oxygen atoms in total. The number of benzene rings is 1. The third-order valence-corrected chi connectivity index (χ3v) is 4.22. The van der Waals surface area contributed by atoms with Gasteiger partial charge in [0.15, 0.2) is 0 Å². The van der Waals surface area contributed by atoms with Gasteiger partial charge in [-0.15, -0.1) is 0 Å². The molecule has 1 heterocycles. The molecule has 0 amide bonds. The molecule has 1 saturated heterocycles. The molecule has 1 aromatic rings. The number of likely N-dealkylation sites (tertiary alicyclic amines) is 1. The van der Waals surface area contributed by atoms with Crippen molar-refractivity contribution in [3.8, 4) is 6.07 Å². The Bertz CT molecular complexity index is 436. The van der Waals surface area contributed by atoms with Crippen LogP contribution in [0.15, 0.2) is 24.3 Å². The van der Waals surface area contributed by atoms with Crippen molar-refractivity contribution in [2.45, 2.75) is 39.2 Å². The first-order valence-electron chi connectivity index (χ1n) is 7.78. The van der Waals surface area contributed by atoms with Crippen LogP contribution < -0.4 is 4.90 Å². The van der Waals surface area contributed by atoms with E-state index in [1.807, 2.05) is 0 Å². The van der Waals surface area contributed by atoms with Crippen molar-refractivity contribution in [1.82, 2.24) is 4.90 Å². The smallest absolute Gasteiger partial charge is 0.123 e. The number of anilines is 1. The molecule has 108 valence electrons. The summed E-state index contributed by atoms with van der Waals surface area (Å²) in [6.07, 6.45) is 3.74. The number of piperidine rings is 1. The van der Waals surface area contributed by atoms with Gasteiger partial charge in [-0.05, 0) is 57.5 Å². The molecule has 0 radical (unpaired) electrons. The standard InChI is InChI=1S/C17H25N3/c1-3-19(4-2)16-10-8-15(9-11-16)17(14-18)20-12-6-5-7-13-20/h8-11,17H,3-7,12-13H2,1-2H3. The van der Waals surface area contributed by atoms with E-state index in [2.05, 4.69) is 54.0 Å². The highest BCUT2D eigenvalue weighted by atomic mass is 15.2. The fourth-order valence-corrected chi connectivity index (χ4v) is 3.00. The van der Waals surface area contributed by atoms with E-state index >= 15 is 0 Å². The van der Waals surface area contributed by atoms with E-state index in [4.69, 9.17) is 0 Å². The van der Waals surface area contributed by atoms with Crippen molar-refractivity contribution in [3.05, 3.63) is 29.8 Å². The van der Waals surface area contributed by atoms with Gasteiger partial charge in [0.1, 0.15) is 6.04 Å². The molecule has 0 bridgehead atoms. The molecule has 0 aliphatic carbocycles. The molecule has 3 heteroatoms. The average Bonchev–Trinajstić information content (AvgIpc) is 2.52. The van der Waals surface area contributed by atoms with Gasteiger partial charge in [0.2, 0.25) is 0 Å². The van der Waals surface area contributed by atoms with Crippen LogP contribution in [-0.4, -0.2) is 31.1 Å². The summed E-state index contributed by atoms with van der Waals surface area (Å²) in [7, 11) is 0. The molecule has 0 aromatic heterocycles. The first-order valence-corrected chi connectivity index (χ1v) is 7.78. The first-order chi connectivity index (χ1) is 9.80. The highest BCUT2D eigenvalue weighted by Gasteiger charge is 2.21. The zero-order valence-electron chi connectivity index (χ0n) is 12.7. The van der Waals surface area contributed by atoms with Gasteiger partial charge in [-0.2, -0.15) is 5.26 Å². The second-order valence-corrected chi connectivity index (χ2v) is 5.39. The van der Waals surface area contributed by atoms with Gasteiger partial charge in [-0.1, -0.05) is 18.6 Å². The lowest BCUT2D eigenvalue weighted by Crippen LogP contribution is -2.33. The van der Waals surface area contributed by atoms with Crippen LogP contribution >= 0.6 is 0 Å². The predicted molar refractivity (Wildman–Crippen MR) is 83.8 cm³/mol. The molecular formula is C17H25N3. The van der Waals surface area contributed by atoms with Crippen molar-refractivity contribution in [2.24, 2.45) is 0 Å². The summed E-state index contributed by atoms with van der Waals surface area (Å²) in [5, 5.41) is 9.50. The van der Waals surface area contributed by atoms with Gasteiger partial charge in [0.05, 0.1) is 6.07 Å². The Morgan fingerprint density at radius 1 is 1.10 bits per heavy atom. The SMILES string of the molecule is CCN(CC)c1ccc(C(C#N)N2CCCCC2)cc1. The zero-order chi connectivity index (χ0) is 14.4. The number of rotatable bonds is 5. The molecule has 1 atom stereocenters. The maximum Gasteiger partial charge on any atom is 0.123 e. The Hall–Kier alpha value is -1.53. The van der Waals surface area contributed by atoms with E-state index in [1.165, 1.54) is 24.9 Å². The molecule has 1 aliphatic rings. The van der Waals surface area contributed by atoms with Crippen molar-refractivity contribution in [3.63, 3.8) is 0 Å². The van der Waals surface area contributed by atoms with E-state index in [-0.39, 0.29) is 6.04 Å². The Labute approximate surface area is 122 Å². The molecule has 1 fully saturated rings. The van der Waals surface area contributed by atoms with Crippen molar-refractivity contribution in [1.29, 1.82) is 5.26 Å². The Morgan fingerprint density at radius 3 is 2.20 bits per heavy atom. The summed E-state index contributed by atoms with van der Waals surface area (Å²) in [5.74, 6) is 0. The highest BCUT2D eigenvalue weighted by Crippen LogP contribution is 2.26. The van der Waals surface area contributed by atoms with Gasteiger partial charge >= 0.3 is 0 Å². The third kappa shape index (κ3) is 3.32. The third-order valence-electron chi connectivity index (χ3n) is 4.22. The minimum Gasteiger partial charge on any atom is -0.372 e. The minimum atomic E-state index is -0.0824. The molecule has 0 saturated carbocycles. The largest absolute Gasteiger partial charge is 0.372 e. The lowest BCUT2D eigenvalue weighted by atomic mass is 10.0. The quantitative estimate of drug-likeness (QED) is 0.820. The van der Waals surface area contributed by atoms with E-state index in [9.17, 15) is 5.26 Å². The van der Waals surface area contributed by atoms with Crippen molar-refractivity contribution < 1.29 is 0 Å².